The van der Waals surface area contributed by atoms with Gasteiger partial charge in [-0.3, -0.25) is 4.98 Å². The molecule has 5 nitrogen and oxygen atoms in total. The predicted octanol–water partition coefficient (Wildman–Crippen LogP) is 2.97. The zero-order valence-electron chi connectivity index (χ0n) is 13.0. The van der Waals surface area contributed by atoms with Crippen molar-refractivity contribution in [1.29, 1.82) is 0 Å². The van der Waals surface area contributed by atoms with Crippen LogP contribution in [0.15, 0.2) is 23.6 Å². The summed E-state index contributed by atoms with van der Waals surface area (Å²) >= 11 is 0. The Bertz CT molecular complexity index is 481. The molecular weight excluding hydrogens is 264 g/mol. The number of hydrogen-bond donors (Lipinski definition) is 2. The molecule has 1 heterocycles. The van der Waals surface area contributed by atoms with E-state index in [9.17, 15) is 0 Å². The Morgan fingerprint density at radius 1 is 1.48 bits per heavy atom. The van der Waals surface area contributed by atoms with Crippen LogP contribution in [0.3, 0.4) is 0 Å². The summed E-state index contributed by atoms with van der Waals surface area (Å²) in [6, 6.07) is 2.36. The van der Waals surface area contributed by atoms with Crippen LogP contribution < -0.4 is 10.6 Å². The van der Waals surface area contributed by atoms with E-state index in [1.54, 1.807) is 6.20 Å². The number of rotatable bonds is 6. The highest BCUT2D eigenvalue weighted by Gasteiger charge is 2.25. The lowest BCUT2D eigenvalue weighted by molar-refractivity contribution is 0.318. The van der Waals surface area contributed by atoms with E-state index in [-0.39, 0.29) is 5.84 Å². The summed E-state index contributed by atoms with van der Waals surface area (Å²) in [6.07, 6.45) is 9.63. The van der Waals surface area contributed by atoms with Crippen LogP contribution in [-0.2, 0) is 0 Å². The molecule has 21 heavy (non-hydrogen) atoms. The SMILES string of the molecule is CC(C)CCN(c1cnccc1/C(N)=N/O)C1CCCC1. The Kier molecular flexibility index (Phi) is 5.42. The first-order chi connectivity index (χ1) is 10.1. The number of anilines is 1. The van der Waals surface area contributed by atoms with Gasteiger partial charge in [-0.2, -0.15) is 0 Å². The predicted molar refractivity (Wildman–Crippen MR) is 85.8 cm³/mol. The van der Waals surface area contributed by atoms with E-state index >= 15 is 0 Å². The average molecular weight is 290 g/mol. The van der Waals surface area contributed by atoms with Crippen LogP contribution in [0, 0.1) is 5.92 Å². The Labute approximate surface area is 126 Å². The fourth-order valence-corrected chi connectivity index (χ4v) is 3.00. The van der Waals surface area contributed by atoms with Gasteiger partial charge in [-0.25, -0.2) is 0 Å². The first-order valence-corrected chi connectivity index (χ1v) is 7.82. The van der Waals surface area contributed by atoms with Crippen LogP contribution in [0.5, 0.6) is 0 Å². The van der Waals surface area contributed by atoms with Crippen LogP contribution in [0.1, 0.15) is 51.5 Å². The number of hydrogen-bond acceptors (Lipinski definition) is 4. The maximum absolute atomic E-state index is 9.00. The molecule has 1 aliphatic rings. The molecule has 1 aromatic heterocycles. The Morgan fingerprint density at radius 3 is 2.81 bits per heavy atom. The van der Waals surface area contributed by atoms with Crippen molar-refractivity contribution in [3.8, 4) is 0 Å². The molecule has 0 unspecified atom stereocenters. The van der Waals surface area contributed by atoms with E-state index in [0.717, 1.165) is 24.2 Å². The molecule has 0 aliphatic heterocycles. The zero-order chi connectivity index (χ0) is 15.2. The Balaban J connectivity index is 2.31. The zero-order valence-corrected chi connectivity index (χ0v) is 13.0. The van der Waals surface area contributed by atoms with Crippen molar-refractivity contribution >= 4 is 11.5 Å². The van der Waals surface area contributed by atoms with Crippen LogP contribution in [0.4, 0.5) is 5.69 Å². The first kappa shape index (κ1) is 15.6. The third kappa shape index (κ3) is 3.86. The number of nitrogens with two attached hydrogens (primary N) is 1. The van der Waals surface area contributed by atoms with Gasteiger partial charge < -0.3 is 15.8 Å². The van der Waals surface area contributed by atoms with Gasteiger partial charge in [0.1, 0.15) is 0 Å². The standard InChI is InChI=1S/C16H26N4O/c1-12(2)8-10-20(13-5-3-4-6-13)15-11-18-9-7-14(15)16(17)19-21/h7,9,11-13,21H,3-6,8,10H2,1-2H3,(H2,17,19). The number of oxime groups is 1. The maximum atomic E-state index is 9.00. The molecular formula is C16H26N4O. The van der Waals surface area contributed by atoms with Gasteiger partial charge in [0.05, 0.1) is 11.9 Å². The quantitative estimate of drug-likeness (QED) is 0.365. The highest BCUT2D eigenvalue weighted by Crippen LogP contribution is 2.30. The second-order valence-corrected chi connectivity index (χ2v) is 6.19. The molecule has 0 radical (unpaired) electrons. The van der Waals surface area contributed by atoms with Gasteiger partial charge in [0.25, 0.3) is 0 Å². The summed E-state index contributed by atoms with van der Waals surface area (Å²) in [5, 5.41) is 12.2. The van der Waals surface area contributed by atoms with Crippen molar-refractivity contribution in [2.75, 3.05) is 11.4 Å². The minimum Gasteiger partial charge on any atom is -0.409 e. The molecule has 1 aliphatic carbocycles. The van der Waals surface area contributed by atoms with Crippen molar-refractivity contribution in [1.82, 2.24) is 4.98 Å². The lowest BCUT2D eigenvalue weighted by atomic mass is 10.1. The molecule has 0 amide bonds. The summed E-state index contributed by atoms with van der Waals surface area (Å²) in [6.45, 7) is 5.46. The number of aromatic nitrogens is 1. The number of nitrogens with zero attached hydrogens (tertiary/aromatic N) is 3. The van der Waals surface area contributed by atoms with Gasteiger partial charge in [0.15, 0.2) is 5.84 Å². The van der Waals surface area contributed by atoms with Gasteiger partial charge in [-0.05, 0) is 31.2 Å². The lowest BCUT2D eigenvalue weighted by Gasteiger charge is -2.33. The minimum absolute atomic E-state index is 0.153. The fraction of sp³-hybridized carbons (Fsp3) is 0.625. The summed E-state index contributed by atoms with van der Waals surface area (Å²) in [4.78, 5) is 6.66. The van der Waals surface area contributed by atoms with Crippen LogP contribution >= 0.6 is 0 Å². The highest BCUT2D eigenvalue weighted by molar-refractivity contribution is 6.02. The molecule has 0 bridgehead atoms. The van der Waals surface area contributed by atoms with E-state index < -0.39 is 0 Å². The average Bonchev–Trinajstić information content (AvgIpc) is 3.01. The van der Waals surface area contributed by atoms with Gasteiger partial charge >= 0.3 is 0 Å². The summed E-state index contributed by atoms with van der Waals surface area (Å²) in [5.41, 5.74) is 7.59. The van der Waals surface area contributed by atoms with Gasteiger partial charge in [0, 0.05) is 24.3 Å². The molecule has 0 spiro atoms. The van der Waals surface area contributed by atoms with E-state index in [1.165, 1.54) is 25.7 Å². The molecule has 0 atom stereocenters. The molecule has 2 rings (SSSR count). The molecule has 1 aromatic rings. The Hall–Kier alpha value is -1.78. The van der Waals surface area contributed by atoms with Gasteiger partial charge in [-0.1, -0.05) is 31.8 Å². The number of pyridine rings is 1. The second-order valence-electron chi connectivity index (χ2n) is 6.19. The smallest absolute Gasteiger partial charge is 0.172 e. The first-order valence-electron chi connectivity index (χ1n) is 7.82. The molecule has 5 heteroatoms. The van der Waals surface area contributed by atoms with Crippen LogP contribution in [0.2, 0.25) is 0 Å². The topological polar surface area (TPSA) is 74.7 Å². The van der Waals surface area contributed by atoms with Crippen LogP contribution in [0.25, 0.3) is 0 Å². The third-order valence-corrected chi connectivity index (χ3v) is 4.21. The van der Waals surface area contributed by atoms with Gasteiger partial charge in [-0.15, -0.1) is 0 Å². The van der Waals surface area contributed by atoms with Crippen molar-refractivity contribution < 1.29 is 5.21 Å². The molecule has 0 aromatic carbocycles. The van der Waals surface area contributed by atoms with E-state index in [2.05, 4.69) is 28.9 Å². The Morgan fingerprint density at radius 2 is 2.19 bits per heavy atom. The largest absolute Gasteiger partial charge is 0.409 e. The van der Waals surface area contributed by atoms with Crippen molar-refractivity contribution in [3.63, 3.8) is 0 Å². The summed E-state index contributed by atoms with van der Waals surface area (Å²) < 4.78 is 0. The maximum Gasteiger partial charge on any atom is 0.172 e. The molecule has 1 fully saturated rings. The highest BCUT2D eigenvalue weighted by atomic mass is 16.4. The molecule has 116 valence electrons. The second kappa shape index (κ2) is 7.29. The summed E-state index contributed by atoms with van der Waals surface area (Å²) in [5.74, 6) is 0.804. The third-order valence-electron chi connectivity index (χ3n) is 4.21. The van der Waals surface area contributed by atoms with Crippen molar-refractivity contribution in [2.45, 2.75) is 52.0 Å². The normalized spacial score (nSPS) is 16.6. The number of amidine groups is 1. The fourth-order valence-electron chi connectivity index (χ4n) is 3.00. The van der Waals surface area contributed by atoms with Crippen molar-refractivity contribution in [2.24, 2.45) is 16.8 Å². The monoisotopic (exact) mass is 290 g/mol. The van der Waals surface area contributed by atoms with Crippen LogP contribution in [-0.4, -0.2) is 28.6 Å². The molecule has 3 N–H and O–H groups in total. The molecule has 1 saturated carbocycles. The van der Waals surface area contributed by atoms with E-state index in [1.807, 2.05) is 12.3 Å². The van der Waals surface area contributed by atoms with E-state index in [4.69, 9.17) is 10.9 Å². The van der Waals surface area contributed by atoms with Crippen molar-refractivity contribution in [3.05, 3.63) is 24.0 Å². The summed E-state index contributed by atoms with van der Waals surface area (Å²) in [7, 11) is 0. The molecule has 0 saturated heterocycles. The van der Waals surface area contributed by atoms with E-state index in [0.29, 0.717) is 12.0 Å². The minimum atomic E-state index is 0.153. The lowest BCUT2D eigenvalue weighted by Crippen LogP contribution is -2.36. The van der Waals surface area contributed by atoms with Gasteiger partial charge in [0.2, 0.25) is 0 Å².